The molecule has 1 aromatic heterocycles. The molecular formula is C23H31N5O. The molecule has 0 radical (unpaired) electrons. The van der Waals surface area contributed by atoms with Crippen molar-refractivity contribution >= 4 is 17.4 Å². The van der Waals surface area contributed by atoms with Crippen LogP contribution in [0, 0.1) is 19.8 Å². The lowest BCUT2D eigenvalue weighted by atomic mass is 9.99. The van der Waals surface area contributed by atoms with Crippen molar-refractivity contribution < 1.29 is 4.79 Å². The Bertz CT molecular complexity index is 867. The second-order valence-electron chi connectivity index (χ2n) is 8.43. The Balaban J connectivity index is 1.42. The number of likely N-dealkylation sites (tertiary alicyclic amines) is 1. The van der Waals surface area contributed by atoms with E-state index in [2.05, 4.69) is 58.7 Å². The number of hydrogen-bond donors (Lipinski definition) is 0. The summed E-state index contributed by atoms with van der Waals surface area (Å²) in [6.45, 7) is 11.9. The van der Waals surface area contributed by atoms with Crippen LogP contribution in [0.2, 0.25) is 0 Å². The molecule has 0 atom stereocenters. The summed E-state index contributed by atoms with van der Waals surface area (Å²) in [6.07, 6.45) is 3.68. The van der Waals surface area contributed by atoms with Gasteiger partial charge in [0.15, 0.2) is 0 Å². The highest BCUT2D eigenvalue weighted by atomic mass is 16.2. The molecule has 2 aliphatic rings. The highest BCUT2D eigenvalue weighted by Gasteiger charge is 2.24. The zero-order valence-electron chi connectivity index (χ0n) is 17.8. The molecule has 29 heavy (non-hydrogen) atoms. The molecule has 2 aliphatic heterocycles. The second kappa shape index (κ2) is 8.39. The summed E-state index contributed by atoms with van der Waals surface area (Å²) in [6, 6.07) is 8.37. The van der Waals surface area contributed by atoms with Gasteiger partial charge in [-0.3, -0.25) is 4.79 Å². The van der Waals surface area contributed by atoms with Crippen LogP contribution in [0.25, 0.3) is 0 Å². The Morgan fingerprint density at radius 1 is 0.966 bits per heavy atom. The lowest BCUT2D eigenvalue weighted by Crippen LogP contribution is -2.47. The van der Waals surface area contributed by atoms with Gasteiger partial charge in [-0.15, -0.1) is 0 Å². The third-order valence-electron chi connectivity index (χ3n) is 6.46. The van der Waals surface area contributed by atoms with Crippen molar-refractivity contribution in [1.82, 2.24) is 14.9 Å². The zero-order valence-corrected chi connectivity index (χ0v) is 17.8. The number of aryl methyl sites for hydroxylation is 1. The van der Waals surface area contributed by atoms with Crippen LogP contribution in [0.15, 0.2) is 30.6 Å². The van der Waals surface area contributed by atoms with E-state index >= 15 is 0 Å². The number of aromatic nitrogens is 2. The number of benzene rings is 1. The molecular weight excluding hydrogens is 362 g/mol. The first-order chi connectivity index (χ1) is 14.0. The van der Waals surface area contributed by atoms with Crippen molar-refractivity contribution in [3.05, 3.63) is 47.4 Å². The molecule has 0 aliphatic carbocycles. The lowest BCUT2D eigenvalue weighted by molar-refractivity contribution is 0.0691. The molecule has 0 bridgehead atoms. The van der Waals surface area contributed by atoms with Gasteiger partial charge in [-0.2, -0.15) is 0 Å². The number of carbonyl (C=O) groups is 1. The molecule has 2 aromatic rings. The monoisotopic (exact) mass is 393 g/mol. The maximum Gasteiger partial charge on any atom is 0.272 e. The van der Waals surface area contributed by atoms with Gasteiger partial charge in [-0.05, 0) is 49.8 Å². The second-order valence-corrected chi connectivity index (χ2v) is 8.43. The average molecular weight is 394 g/mol. The van der Waals surface area contributed by atoms with E-state index in [0.717, 1.165) is 57.9 Å². The predicted molar refractivity (Wildman–Crippen MR) is 117 cm³/mol. The fourth-order valence-corrected chi connectivity index (χ4v) is 4.27. The minimum atomic E-state index is 0.0366. The van der Waals surface area contributed by atoms with E-state index in [1.165, 1.54) is 23.1 Å². The van der Waals surface area contributed by atoms with Crippen molar-refractivity contribution in [2.75, 3.05) is 49.1 Å². The van der Waals surface area contributed by atoms with Crippen molar-refractivity contribution in [3.63, 3.8) is 0 Å². The third kappa shape index (κ3) is 4.21. The summed E-state index contributed by atoms with van der Waals surface area (Å²) >= 11 is 0. The van der Waals surface area contributed by atoms with Crippen LogP contribution in [-0.4, -0.2) is 60.0 Å². The van der Waals surface area contributed by atoms with Gasteiger partial charge in [-0.25, -0.2) is 9.97 Å². The van der Waals surface area contributed by atoms with Crippen molar-refractivity contribution in [3.8, 4) is 0 Å². The number of piperidine rings is 1. The molecule has 6 heteroatoms. The number of rotatable bonds is 3. The van der Waals surface area contributed by atoms with E-state index in [4.69, 9.17) is 0 Å². The number of carbonyl (C=O) groups excluding carboxylic acids is 1. The highest BCUT2D eigenvalue weighted by Crippen LogP contribution is 2.25. The fourth-order valence-electron chi connectivity index (χ4n) is 4.27. The van der Waals surface area contributed by atoms with Crippen molar-refractivity contribution in [2.45, 2.75) is 33.6 Å². The Hall–Kier alpha value is -2.63. The van der Waals surface area contributed by atoms with Gasteiger partial charge >= 0.3 is 0 Å². The molecule has 1 aromatic carbocycles. The van der Waals surface area contributed by atoms with Crippen LogP contribution in [0.5, 0.6) is 0 Å². The Morgan fingerprint density at radius 2 is 1.66 bits per heavy atom. The molecule has 6 nitrogen and oxygen atoms in total. The zero-order chi connectivity index (χ0) is 20.4. The van der Waals surface area contributed by atoms with Crippen LogP contribution in [0.3, 0.4) is 0 Å². The lowest BCUT2D eigenvalue weighted by Gasteiger charge is -2.37. The smallest absolute Gasteiger partial charge is 0.272 e. The van der Waals surface area contributed by atoms with Crippen LogP contribution in [0.1, 0.15) is 41.4 Å². The third-order valence-corrected chi connectivity index (χ3v) is 6.46. The Kier molecular flexibility index (Phi) is 5.69. The van der Waals surface area contributed by atoms with Crippen LogP contribution >= 0.6 is 0 Å². The normalized spacial score (nSPS) is 18.2. The number of amides is 1. The quantitative estimate of drug-likeness (QED) is 0.801. The summed E-state index contributed by atoms with van der Waals surface area (Å²) in [5.74, 6) is 1.59. The first kappa shape index (κ1) is 19.7. The Labute approximate surface area is 173 Å². The molecule has 3 heterocycles. The maximum atomic E-state index is 12.9. The first-order valence-electron chi connectivity index (χ1n) is 10.7. The number of anilines is 2. The first-order valence-corrected chi connectivity index (χ1v) is 10.7. The molecule has 0 saturated carbocycles. The fraction of sp³-hybridized carbons (Fsp3) is 0.522. The standard InChI is InChI=1S/C23H31N5O/c1-17-7-9-28(10-8-17)23(29)20-15-22(25-16-24-20)27-13-11-26(12-14-27)21-6-4-5-18(2)19(21)3/h4-6,15-17H,7-14H2,1-3H3. The van der Waals surface area contributed by atoms with Crippen molar-refractivity contribution in [2.24, 2.45) is 5.92 Å². The summed E-state index contributed by atoms with van der Waals surface area (Å²) < 4.78 is 0. The van der Waals surface area contributed by atoms with Gasteiger partial charge in [0.25, 0.3) is 5.91 Å². The van der Waals surface area contributed by atoms with Crippen LogP contribution in [-0.2, 0) is 0 Å². The van der Waals surface area contributed by atoms with Gasteiger partial charge in [0.2, 0.25) is 0 Å². The van der Waals surface area contributed by atoms with E-state index in [-0.39, 0.29) is 5.91 Å². The predicted octanol–water partition coefficient (Wildman–Crippen LogP) is 3.29. The SMILES string of the molecule is Cc1cccc(N2CCN(c3cc(C(=O)N4CCC(C)CC4)ncn3)CC2)c1C. The molecule has 0 spiro atoms. The van der Waals surface area contributed by atoms with Gasteiger partial charge in [0, 0.05) is 51.0 Å². The molecule has 154 valence electrons. The van der Waals surface area contributed by atoms with Gasteiger partial charge in [0.1, 0.15) is 17.8 Å². The average Bonchev–Trinajstić information content (AvgIpc) is 2.76. The van der Waals surface area contributed by atoms with E-state index in [9.17, 15) is 4.79 Å². The molecule has 2 fully saturated rings. The van der Waals surface area contributed by atoms with Gasteiger partial charge < -0.3 is 14.7 Å². The Morgan fingerprint density at radius 3 is 2.38 bits per heavy atom. The number of hydrogen-bond acceptors (Lipinski definition) is 5. The maximum absolute atomic E-state index is 12.9. The molecule has 1 amide bonds. The van der Waals surface area contributed by atoms with Gasteiger partial charge in [-0.1, -0.05) is 19.1 Å². The highest BCUT2D eigenvalue weighted by molar-refractivity contribution is 5.93. The minimum Gasteiger partial charge on any atom is -0.368 e. The molecule has 2 saturated heterocycles. The summed E-state index contributed by atoms with van der Waals surface area (Å²) in [4.78, 5) is 28.2. The summed E-state index contributed by atoms with van der Waals surface area (Å²) in [7, 11) is 0. The summed E-state index contributed by atoms with van der Waals surface area (Å²) in [5.41, 5.74) is 4.52. The van der Waals surface area contributed by atoms with Crippen LogP contribution in [0.4, 0.5) is 11.5 Å². The van der Waals surface area contributed by atoms with E-state index in [1.807, 2.05) is 11.0 Å². The number of nitrogens with zero attached hydrogens (tertiary/aromatic N) is 5. The topological polar surface area (TPSA) is 52.6 Å². The molecule has 0 unspecified atom stereocenters. The molecule has 0 N–H and O–H groups in total. The van der Waals surface area contributed by atoms with Crippen LogP contribution < -0.4 is 9.80 Å². The van der Waals surface area contributed by atoms with E-state index in [1.54, 1.807) is 0 Å². The van der Waals surface area contributed by atoms with Gasteiger partial charge in [0.05, 0.1) is 0 Å². The number of piperazine rings is 1. The molecule has 4 rings (SSSR count). The van der Waals surface area contributed by atoms with E-state index in [0.29, 0.717) is 11.6 Å². The minimum absolute atomic E-state index is 0.0366. The van der Waals surface area contributed by atoms with Crippen molar-refractivity contribution in [1.29, 1.82) is 0 Å². The summed E-state index contributed by atoms with van der Waals surface area (Å²) in [5, 5.41) is 0. The van der Waals surface area contributed by atoms with E-state index < -0.39 is 0 Å². The largest absolute Gasteiger partial charge is 0.368 e.